The van der Waals surface area contributed by atoms with Gasteiger partial charge in [-0.1, -0.05) is 11.6 Å². The average Bonchev–Trinajstić information content (AvgIpc) is 1.87. The van der Waals surface area contributed by atoms with E-state index in [9.17, 15) is 4.79 Å². The number of halogens is 1. The SMILES string of the molecule is O=C1CC(Cl)=NN1. The van der Waals surface area contributed by atoms with E-state index in [2.05, 4.69) is 10.5 Å². The molecule has 0 aromatic rings. The topological polar surface area (TPSA) is 41.5 Å². The van der Waals surface area contributed by atoms with Gasteiger partial charge in [-0.15, -0.1) is 0 Å². The minimum atomic E-state index is -0.134. The summed E-state index contributed by atoms with van der Waals surface area (Å²) in [5, 5.41) is 3.74. The van der Waals surface area contributed by atoms with Gasteiger partial charge in [0.05, 0.1) is 6.42 Å². The van der Waals surface area contributed by atoms with Crippen molar-refractivity contribution in [1.82, 2.24) is 5.43 Å². The van der Waals surface area contributed by atoms with Gasteiger partial charge >= 0.3 is 0 Å². The van der Waals surface area contributed by atoms with E-state index in [4.69, 9.17) is 11.6 Å². The molecule has 3 nitrogen and oxygen atoms in total. The lowest BCUT2D eigenvalue weighted by molar-refractivity contribution is -0.119. The van der Waals surface area contributed by atoms with Crippen molar-refractivity contribution in [2.24, 2.45) is 5.10 Å². The molecule has 0 aromatic heterocycles. The predicted molar refractivity (Wildman–Crippen MR) is 26.0 cm³/mol. The van der Waals surface area contributed by atoms with E-state index in [0.29, 0.717) is 5.17 Å². The van der Waals surface area contributed by atoms with Crippen LogP contribution in [0.1, 0.15) is 6.42 Å². The Morgan fingerprint density at radius 1 is 1.86 bits per heavy atom. The predicted octanol–water partition coefficient (Wildman–Crippen LogP) is 0.0586. The lowest BCUT2D eigenvalue weighted by Gasteiger charge is -1.76. The standard InChI is InChI=1S/C3H3ClN2O/c4-2-1-3(7)6-5-2/h1H2,(H,6,7). The molecule has 0 radical (unpaired) electrons. The first-order valence-corrected chi connectivity index (χ1v) is 2.18. The van der Waals surface area contributed by atoms with Gasteiger partial charge in [0, 0.05) is 0 Å². The van der Waals surface area contributed by atoms with E-state index in [1.807, 2.05) is 0 Å². The highest BCUT2D eigenvalue weighted by molar-refractivity contribution is 6.67. The van der Waals surface area contributed by atoms with Crippen molar-refractivity contribution in [2.45, 2.75) is 6.42 Å². The van der Waals surface area contributed by atoms with Gasteiger partial charge in [-0.3, -0.25) is 4.79 Å². The molecule has 0 saturated carbocycles. The number of amides is 1. The van der Waals surface area contributed by atoms with E-state index >= 15 is 0 Å². The fourth-order valence-electron chi connectivity index (χ4n) is 0.335. The van der Waals surface area contributed by atoms with Crippen molar-refractivity contribution in [2.75, 3.05) is 0 Å². The zero-order chi connectivity index (χ0) is 5.28. The summed E-state index contributed by atoms with van der Waals surface area (Å²) in [6.07, 6.45) is 0.238. The molecule has 1 aliphatic rings. The van der Waals surface area contributed by atoms with Crippen LogP contribution in [0.25, 0.3) is 0 Å². The summed E-state index contributed by atoms with van der Waals surface area (Å²) in [5.41, 5.74) is 2.19. The maximum Gasteiger partial charge on any atom is 0.247 e. The van der Waals surface area contributed by atoms with Gasteiger partial charge < -0.3 is 0 Å². The van der Waals surface area contributed by atoms with Crippen molar-refractivity contribution in [3.63, 3.8) is 0 Å². The molecule has 1 N–H and O–H groups in total. The third kappa shape index (κ3) is 0.899. The van der Waals surface area contributed by atoms with Crippen molar-refractivity contribution in [3.8, 4) is 0 Å². The van der Waals surface area contributed by atoms with Gasteiger partial charge in [-0.05, 0) is 0 Å². The highest BCUT2D eigenvalue weighted by Gasteiger charge is 2.10. The van der Waals surface area contributed by atoms with E-state index in [1.165, 1.54) is 0 Å². The quantitative estimate of drug-likeness (QED) is 0.480. The molecule has 1 aliphatic heterocycles. The molecular weight excluding hydrogens is 115 g/mol. The Bertz CT molecular complexity index is 131. The summed E-state index contributed by atoms with van der Waals surface area (Å²) < 4.78 is 0. The third-order valence-electron chi connectivity index (χ3n) is 0.608. The second kappa shape index (κ2) is 1.50. The van der Waals surface area contributed by atoms with Gasteiger partial charge in [0.2, 0.25) is 5.91 Å². The molecule has 0 bridgehead atoms. The highest BCUT2D eigenvalue weighted by Crippen LogP contribution is 1.97. The Hall–Kier alpha value is -0.570. The minimum Gasteiger partial charge on any atom is -0.273 e. The normalized spacial score (nSPS) is 19.0. The zero-order valence-electron chi connectivity index (χ0n) is 3.44. The Labute approximate surface area is 45.3 Å². The highest BCUT2D eigenvalue weighted by atomic mass is 35.5. The van der Waals surface area contributed by atoms with Crippen LogP contribution in [0.2, 0.25) is 0 Å². The number of carbonyl (C=O) groups excluding carboxylic acids is 1. The summed E-state index contributed by atoms with van der Waals surface area (Å²) in [6, 6.07) is 0. The van der Waals surface area contributed by atoms with E-state index in [-0.39, 0.29) is 12.3 Å². The van der Waals surface area contributed by atoms with Gasteiger partial charge in [0.25, 0.3) is 0 Å². The Balaban J connectivity index is 2.58. The van der Waals surface area contributed by atoms with Crippen LogP contribution in [0.4, 0.5) is 0 Å². The van der Waals surface area contributed by atoms with Gasteiger partial charge in [0.1, 0.15) is 5.17 Å². The fourth-order valence-corrected chi connectivity index (χ4v) is 0.498. The minimum absolute atomic E-state index is 0.134. The van der Waals surface area contributed by atoms with Crippen molar-refractivity contribution in [1.29, 1.82) is 0 Å². The second-order valence-electron chi connectivity index (χ2n) is 1.20. The molecule has 7 heavy (non-hydrogen) atoms. The number of hydrogen-bond acceptors (Lipinski definition) is 2. The maximum atomic E-state index is 10.1. The molecule has 0 atom stereocenters. The molecule has 1 rings (SSSR count). The van der Waals surface area contributed by atoms with Crippen LogP contribution in [0.15, 0.2) is 5.10 Å². The molecule has 0 spiro atoms. The number of hydrazone groups is 1. The maximum absolute atomic E-state index is 10.1. The molecule has 0 aliphatic carbocycles. The summed E-state index contributed by atoms with van der Waals surface area (Å²) in [7, 11) is 0. The van der Waals surface area contributed by atoms with Crippen molar-refractivity contribution < 1.29 is 4.79 Å². The van der Waals surface area contributed by atoms with E-state index in [1.54, 1.807) is 0 Å². The van der Waals surface area contributed by atoms with Gasteiger partial charge in [-0.2, -0.15) is 5.10 Å². The van der Waals surface area contributed by atoms with Crippen LogP contribution < -0.4 is 5.43 Å². The molecule has 0 saturated heterocycles. The van der Waals surface area contributed by atoms with Crippen LogP contribution >= 0.6 is 11.6 Å². The molecule has 4 heteroatoms. The molecule has 1 heterocycles. The van der Waals surface area contributed by atoms with Crippen molar-refractivity contribution in [3.05, 3.63) is 0 Å². The molecule has 0 fully saturated rings. The second-order valence-corrected chi connectivity index (χ2v) is 1.64. The van der Waals surface area contributed by atoms with E-state index in [0.717, 1.165) is 0 Å². The lowest BCUT2D eigenvalue weighted by atomic mass is 10.5. The van der Waals surface area contributed by atoms with Crippen molar-refractivity contribution >= 4 is 22.7 Å². The van der Waals surface area contributed by atoms with E-state index < -0.39 is 0 Å². The average molecular weight is 119 g/mol. The summed E-state index contributed by atoms with van der Waals surface area (Å²) in [5.74, 6) is -0.134. The summed E-state index contributed by atoms with van der Waals surface area (Å²) in [6.45, 7) is 0. The molecular formula is C3H3ClN2O. The summed E-state index contributed by atoms with van der Waals surface area (Å²) >= 11 is 5.27. The molecule has 38 valence electrons. The van der Waals surface area contributed by atoms with Crippen LogP contribution in [0.3, 0.4) is 0 Å². The largest absolute Gasteiger partial charge is 0.273 e. The fraction of sp³-hybridized carbons (Fsp3) is 0.333. The van der Waals surface area contributed by atoms with Gasteiger partial charge in [-0.25, -0.2) is 5.43 Å². The first-order valence-electron chi connectivity index (χ1n) is 1.80. The first-order chi connectivity index (χ1) is 3.29. The number of hydrogen-bond donors (Lipinski definition) is 1. The molecule has 0 aromatic carbocycles. The molecule has 0 unspecified atom stereocenters. The zero-order valence-corrected chi connectivity index (χ0v) is 4.20. The Kier molecular flexibility index (Phi) is 0.982. The number of nitrogens with one attached hydrogen (secondary N) is 1. The Morgan fingerprint density at radius 3 is 2.71 bits per heavy atom. The van der Waals surface area contributed by atoms with Gasteiger partial charge in [0.15, 0.2) is 0 Å². The lowest BCUT2D eigenvalue weighted by Crippen LogP contribution is -2.08. The van der Waals surface area contributed by atoms with Crippen LogP contribution in [-0.4, -0.2) is 11.1 Å². The van der Waals surface area contributed by atoms with Crippen LogP contribution in [0.5, 0.6) is 0 Å². The monoisotopic (exact) mass is 118 g/mol. The first kappa shape index (κ1) is 4.59. The number of carbonyl (C=O) groups is 1. The summed E-state index contributed by atoms with van der Waals surface area (Å²) in [4.78, 5) is 10.1. The molecule has 1 amide bonds. The number of nitrogens with zero attached hydrogens (tertiary/aromatic N) is 1. The Morgan fingerprint density at radius 2 is 2.57 bits per heavy atom. The van der Waals surface area contributed by atoms with Crippen LogP contribution in [0, 0.1) is 0 Å². The third-order valence-corrected chi connectivity index (χ3v) is 0.826. The number of rotatable bonds is 0. The van der Waals surface area contributed by atoms with Crippen LogP contribution in [-0.2, 0) is 4.79 Å². The smallest absolute Gasteiger partial charge is 0.247 e.